The van der Waals surface area contributed by atoms with Gasteiger partial charge in [-0.2, -0.15) is 13.2 Å². The molecule has 0 radical (unpaired) electrons. The number of alkyl halides is 3. The van der Waals surface area contributed by atoms with Gasteiger partial charge >= 0.3 is 12.2 Å². The Morgan fingerprint density at radius 1 is 0.976 bits per heavy atom. The number of ether oxygens (including phenoxy) is 2. The molecule has 0 aliphatic carbocycles. The molecule has 1 heterocycles. The van der Waals surface area contributed by atoms with Gasteiger partial charge in [0, 0.05) is 42.8 Å². The Balaban J connectivity index is 1.50. The van der Waals surface area contributed by atoms with E-state index >= 15 is 0 Å². The van der Waals surface area contributed by atoms with Crippen LogP contribution < -0.4 is 20.1 Å². The minimum absolute atomic E-state index is 0.0441. The quantitative estimate of drug-likeness (QED) is 0.231. The Bertz CT molecular complexity index is 1520. The summed E-state index contributed by atoms with van der Waals surface area (Å²) in [4.78, 5) is 31.2. The summed E-state index contributed by atoms with van der Waals surface area (Å²) in [6, 6.07) is 15.6. The number of hydrogen-bond donors (Lipinski definition) is 3. The van der Waals surface area contributed by atoms with Gasteiger partial charge in [-0.15, -0.1) is 0 Å². The van der Waals surface area contributed by atoms with Crippen LogP contribution in [0.5, 0.6) is 11.5 Å². The van der Waals surface area contributed by atoms with Crippen LogP contribution in [0.1, 0.15) is 16.7 Å². The molecule has 0 saturated heterocycles. The van der Waals surface area contributed by atoms with Gasteiger partial charge in [-0.25, -0.2) is 4.79 Å². The molecular weight excluding hydrogens is 537 g/mol. The van der Waals surface area contributed by atoms with Crippen molar-refractivity contribution in [1.82, 2.24) is 15.2 Å². The molecule has 0 aliphatic heterocycles. The van der Waals surface area contributed by atoms with Crippen molar-refractivity contribution in [2.45, 2.75) is 25.1 Å². The summed E-state index contributed by atoms with van der Waals surface area (Å²) < 4.78 is 50.0. The monoisotopic (exact) mass is 568 g/mol. The molecule has 0 spiro atoms. The Kier molecular flexibility index (Phi) is 9.06. The van der Waals surface area contributed by atoms with E-state index in [0.717, 1.165) is 34.2 Å². The Morgan fingerprint density at radius 3 is 2.46 bits per heavy atom. The maximum atomic E-state index is 13.6. The largest absolute Gasteiger partial charge is 0.493 e. The minimum atomic E-state index is -4.56. The number of carbonyl (C=O) groups is 2. The summed E-state index contributed by atoms with van der Waals surface area (Å²) in [5, 5.41) is 5.99. The van der Waals surface area contributed by atoms with E-state index in [0.29, 0.717) is 24.5 Å². The maximum absolute atomic E-state index is 13.6. The van der Waals surface area contributed by atoms with Crippen molar-refractivity contribution < 1.29 is 32.2 Å². The molecule has 3 aromatic carbocycles. The SMILES string of the molecule is COc1ccc(CCN(C)C(=O)C(Cc2c[nH]c3ccccc23)NC(=O)Nc2cccc(C(F)(F)F)c2)cc1OC. The Labute approximate surface area is 235 Å². The number of urea groups is 1. The number of nitrogens with one attached hydrogen (secondary N) is 3. The summed E-state index contributed by atoms with van der Waals surface area (Å²) >= 11 is 0. The summed E-state index contributed by atoms with van der Waals surface area (Å²) in [6.07, 6.45) is -2.10. The van der Waals surface area contributed by atoms with Crippen molar-refractivity contribution in [3.8, 4) is 11.5 Å². The molecule has 1 atom stereocenters. The molecule has 8 nitrogen and oxygen atoms in total. The molecule has 1 aromatic heterocycles. The van der Waals surface area contributed by atoms with Gasteiger partial charge < -0.3 is 30.0 Å². The van der Waals surface area contributed by atoms with Gasteiger partial charge in [-0.3, -0.25) is 4.79 Å². The van der Waals surface area contributed by atoms with Crippen LogP contribution in [-0.2, 0) is 23.8 Å². The molecule has 1 unspecified atom stereocenters. The first kappa shape index (κ1) is 29.3. The number of carbonyl (C=O) groups excluding carboxylic acids is 2. The fourth-order valence-corrected chi connectivity index (χ4v) is 4.53. The van der Waals surface area contributed by atoms with Crippen molar-refractivity contribution in [3.05, 3.63) is 89.6 Å². The molecular formula is C30H31F3N4O4. The number of rotatable bonds is 10. The highest BCUT2D eigenvalue weighted by atomic mass is 19.4. The third kappa shape index (κ3) is 7.30. The van der Waals surface area contributed by atoms with E-state index in [1.54, 1.807) is 33.5 Å². The number of nitrogens with zero attached hydrogens (tertiary/aromatic N) is 1. The maximum Gasteiger partial charge on any atom is 0.416 e. The van der Waals surface area contributed by atoms with Crippen molar-refractivity contribution in [1.29, 1.82) is 0 Å². The summed E-state index contributed by atoms with van der Waals surface area (Å²) in [7, 11) is 4.73. The number of aromatic amines is 1. The zero-order valence-corrected chi connectivity index (χ0v) is 22.8. The smallest absolute Gasteiger partial charge is 0.416 e. The highest BCUT2D eigenvalue weighted by molar-refractivity contribution is 5.94. The van der Waals surface area contributed by atoms with Crippen LogP contribution >= 0.6 is 0 Å². The number of H-pyrrole nitrogens is 1. The molecule has 3 N–H and O–H groups in total. The minimum Gasteiger partial charge on any atom is -0.493 e. The second-order valence-electron chi connectivity index (χ2n) is 9.49. The first-order valence-electron chi connectivity index (χ1n) is 12.8. The van der Waals surface area contributed by atoms with Gasteiger partial charge in [-0.1, -0.05) is 30.3 Å². The van der Waals surface area contributed by atoms with Gasteiger partial charge in [0.25, 0.3) is 0 Å². The molecule has 11 heteroatoms. The van der Waals surface area contributed by atoms with Crippen molar-refractivity contribution in [3.63, 3.8) is 0 Å². The van der Waals surface area contributed by atoms with Crippen LogP contribution in [-0.4, -0.2) is 55.7 Å². The highest BCUT2D eigenvalue weighted by Gasteiger charge is 2.31. The molecule has 0 aliphatic rings. The number of likely N-dealkylation sites (N-methyl/N-ethyl adjacent to an activating group) is 1. The molecule has 0 fully saturated rings. The van der Waals surface area contributed by atoms with Crippen molar-refractivity contribution >= 4 is 28.5 Å². The zero-order valence-electron chi connectivity index (χ0n) is 22.8. The molecule has 41 heavy (non-hydrogen) atoms. The molecule has 4 aromatic rings. The molecule has 216 valence electrons. The van der Waals surface area contributed by atoms with E-state index in [2.05, 4.69) is 15.6 Å². The summed E-state index contributed by atoms with van der Waals surface area (Å²) in [5.74, 6) is 0.814. The molecule has 0 bridgehead atoms. The lowest BCUT2D eigenvalue weighted by Gasteiger charge is -2.25. The average molecular weight is 569 g/mol. The number of aromatic nitrogens is 1. The van der Waals surface area contributed by atoms with Crippen LogP contribution in [0.4, 0.5) is 23.7 Å². The first-order valence-corrected chi connectivity index (χ1v) is 12.8. The zero-order chi connectivity index (χ0) is 29.6. The van der Waals surface area contributed by atoms with Crippen LogP contribution in [0.2, 0.25) is 0 Å². The van der Waals surface area contributed by atoms with Crippen LogP contribution in [0.3, 0.4) is 0 Å². The number of halogens is 3. The van der Waals surface area contributed by atoms with E-state index in [9.17, 15) is 22.8 Å². The first-order chi connectivity index (χ1) is 19.6. The lowest BCUT2D eigenvalue weighted by atomic mass is 10.0. The van der Waals surface area contributed by atoms with Crippen molar-refractivity contribution in [2.75, 3.05) is 33.1 Å². The number of benzene rings is 3. The number of amides is 3. The summed E-state index contributed by atoms with van der Waals surface area (Å²) in [5.41, 5.74) is 1.68. The van der Waals surface area contributed by atoms with Crippen LogP contribution in [0.15, 0.2) is 72.9 Å². The molecule has 3 amide bonds. The predicted molar refractivity (Wildman–Crippen MR) is 150 cm³/mol. The Morgan fingerprint density at radius 2 is 1.73 bits per heavy atom. The van der Waals surface area contributed by atoms with Gasteiger partial charge in [-0.05, 0) is 53.9 Å². The Hall–Kier alpha value is -4.67. The summed E-state index contributed by atoms with van der Waals surface area (Å²) in [6.45, 7) is 0.343. The molecule has 0 saturated carbocycles. The number of para-hydroxylation sites is 1. The fourth-order valence-electron chi connectivity index (χ4n) is 4.53. The standard InChI is InChI=1S/C30H31F3N4O4/c1-37(14-13-19-11-12-26(40-2)27(15-19)41-3)28(38)25(16-20-18-34-24-10-5-4-9-23(20)24)36-29(39)35-22-8-6-7-21(17-22)30(31,32)33/h4-12,15,17-18,25,34H,13-14,16H2,1-3H3,(H2,35,36,39). The topological polar surface area (TPSA) is 95.7 Å². The third-order valence-corrected chi connectivity index (χ3v) is 6.71. The molecule has 4 rings (SSSR count). The van der Waals surface area contributed by atoms with Crippen LogP contribution in [0, 0.1) is 0 Å². The van der Waals surface area contributed by atoms with E-state index in [-0.39, 0.29) is 18.0 Å². The fraction of sp³-hybridized carbons (Fsp3) is 0.267. The van der Waals surface area contributed by atoms with E-state index in [4.69, 9.17) is 9.47 Å². The van der Waals surface area contributed by atoms with Gasteiger partial charge in [0.2, 0.25) is 5.91 Å². The van der Waals surface area contributed by atoms with E-state index in [1.807, 2.05) is 36.4 Å². The number of fused-ring (bicyclic) bond motifs is 1. The van der Waals surface area contributed by atoms with E-state index < -0.39 is 23.8 Å². The lowest BCUT2D eigenvalue weighted by molar-refractivity contribution is -0.137. The van der Waals surface area contributed by atoms with Crippen LogP contribution in [0.25, 0.3) is 10.9 Å². The number of methoxy groups -OCH3 is 2. The highest BCUT2D eigenvalue weighted by Crippen LogP contribution is 2.31. The number of hydrogen-bond acceptors (Lipinski definition) is 4. The second kappa shape index (κ2) is 12.7. The third-order valence-electron chi connectivity index (χ3n) is 6.71. The van der Waals surface area contributed by atoms with Gasteiger partial charge in [0.05, 0.1) is 19.8 Å². The van der Waals surface area contributed by atoms with Crippen molar-refractivity contribution in [2.24, 2.45) is 0 Å². The van der Waals surface area contributed by atoms with E-state index in [1.165, 1.54) is 17.0 Å². The normalized spacial score (nSPS) is 12.0. The number of anilines is 1. The van der Waals surface area contributed by atoms with Gasteiger partial charge in [0.1, 0.15) is 6.04 Å². The predicted octanol–water partition coefficient (Wildman–Crippen LogP) is 5.64. The lowest BCUT2D eigenvalue weighted by Crippen LogP contribution is -2.50. The second-order valence-corrected chi connectivity index (χ2v) is 9.49. The van der Waals surface area contributed by atoms with Gasteiger partial charge in [0.15, 0.2) is 11.5 Å². The average Bonchev–Trinajstić information content (AvgIpc) is 3.37.